The minimum absolute atomic E-state index is 0.0337. The third-order valence-electron chi connectivity index (χ3n) is 3.22. The average Bonchev–Trinajstić information content (AvgIpc) is 2.18. The number of amides is 2. The first-order valence-electron chi connectivity index (χ1n) is 4.79. The van der Waals surface area contributed by atoms with E-state index in [0.29, 0.717) is 13.1 Å². The molecule has 3 N–H and O–H groups in total. The van der Waals surface area contributed by atoms with Gasteiger partial charge in [-0.15, -0.1) is 0 Å². The molecule has 76 valence electrons. The molecule has 0 radical (unpaired) electrons. The van der Waals surface area contributed by atoms with Crippen LogP contribution in [0.4, 0.5) is 4.79 Å². The fourth-order valence-electron chi connectivity index (χ4n) is 1.82. The summed E-state index contributed by atoms with van der Waals surface area (Å²) in [5.74, 6) is 0. The summed E-state index contributed by atoms with van der Waals surface area (Å²) >= 11 is 0. The van der Waals surface area contributed by atoms with E-state index >= 15 is 0 Å². The highest BCUT2D eigenvalue weighted by Crippen LogP contribution is 2.33. The van der Waals surface area contributed by atoms with Gasteiger partial charge in [-0.05, 0) is 24.7 Å². The zero-order valence-electron chi connectivity index (χ0n) is 8.12. The average molecular weight is 186 g/mol. The second-order valence-corrected chi connectivity index (χ2v) is 3.84. The van der Waals surface area contributed by atoms with Gasteiger partial charge in [0.1, 0.15) is 0 Å². The summed E-state index contributed by atoms with van der Waals surface area (Å²) in [6.07, 6.45) is 2.70. The van der Waals surface area contributed by atoms with E-state index in [9.17, 15) is 9.90 Å². The molecular weight excluding hydrogens is 168 g/mol. The number of piperidine rings is 1. The summed E-state index contributed by atoms with van der Waals surface area (Å²) in [4.78, 5) is 12.5. The van der Waals surface area contributed by atoms with Crippen LogP contribution in [0.5, 0.6) is 0 Å². The number of primary amides is 1. The number of aliphatic hydroxyl groups is 1. The third kappa shape index (κ3) is 2.12. The van der Waals surface area contributed by atoms with E-state index in [1.807, 2.05) is 0 Å². The van der Waals surface area contributed by atoms with Gasteiger partial charge in [-0.3, -0.25) is 0 Å². The van der Waals surface area contributed by atoms with Crippen LogP contribution in [0.3, 0.4) is 0 Å². The molecule has 0 aromatic rings. The Morgan fingerprint density at radius 2 is 2.08 bits per heavy atom. The second kappa shape index (κ2) is 3.96. The third-order valence-corrected chi connectivity index (χ3v) is 3.22. The lowest BCUT2D eigenvalue weighted by molar-refractivity contribution is 0.0535. The first-order chi connectivity index (χ1) is 6.13. The molecule has 0 saturated carbocycles. The molecule has 0 atom stereocenters. The molecule has 0 unspecified atom stereocenters. The molecule has 1 saturated heterocycles. The van der Waals surface area contributed by atoms with Gasteiger partial charge in [0.2, 0.25) is 0 Å². The van der Waals surface area contributed by atoms with Gasteiger partial charge >= 0.3 is 6.03 Å². The highest BCUT2D eigenvalue weighted by Gasteiger charge is 2.33. The van der Waals surface area contributed by atoms with Crippen LogP contribution in [0.1, 0.15) is 26.2 Å². The lowest BCUT2D eigenvalue weighted by Gasteiger charge is -2.39. The minimum Gasteiger partial charge on any atom is -0.396 e. The lowest BCUT2D eigenvalue weighted by Crippen LogP contribution is -2.46. The van der Waals surface area contributed by atoms with Crippen molar-refractivity contribution in [3.8, 4) is 0 Å². The summed E-state index contributed by atoms with van der Waals surface area (Å²) in [5, 5.41) is 9.23. The number of nitrogens with zero attached hydrogens (tertiary/aromatic N) is 1. The molecule has 0 aliphatic carbocycles. The standard InChI is InChI=1S/C9H18N2O2/c1-2-9(7-12)3-5-11(6-4-9)8(10)13/h12H,2-7H2,1H3,(H2,10,13). The number of nitrogens with two attached hydrogens (primary N) is 1. The number of rotatable bonds is 2. The number of carbonyl (C=O) groups is 1. The molecule has 4 nitrogen and oxygen atoms in total. The van der Waals surface area contributed by atoms with Crippen molar-refractivity contribution in [1.82, 2.24) is 4.90 Å². The Bertz CT molecular complexity index is 180. The topological polar surface area (TPSA) is 66.6 Å². The number of urea groups is 1. The van der Waals surface area contributed by atoms with Crippen LogP contribution in [0.2, 0.25) is 0 Å². The van der Waals surface area contributed by atoms with E-state index in [0.717, 1.165) is 19.3 Å². The molecule has 0 bridgehead atoms. The highest BCUT2D eigenvalue weighted by molar-refractivity contribution is 5.72. The van der Waals surface area contributed by atoms with Crippen LogP contribution in [0, 0.1) is 5.41 Å². The van der Waals surface area contributed by atoms with Crippen LogP contribution in [-0.4, -0.2) is 35.7 Å². The second-order valence-electron chi connectivity index (χ2n) is 3.84. The van der Waals surface area contributed by atoms with Gasteiger partial charge < -0.3 is 15.7 Å². The Labute approximate surface area is 78.7 Å². The number of hydrogen-bond donors (Lipinski definition) is 2. The molecule has 4 heteroatoms. The van der Waals surface area contributed by atoms with Crippen molar-refractivity contribution in [2.24, 2.45) is 11.1 Å². The van der Waals surface area contributed by atoms with Crippen LogP contribution in [0.15, 0.2) is 0 Å². The van der Waals surface area contributed by atoms with Crippen molar-refractivity contribution in [3.05, 3.63) is 0 Å². The molecule has 13 heavy (non-hydrogen) atoms. The fraction of sp³-hybridized carbons (Fsp3) is 0.889. The molecule has 0 aromatic heterocycles. The molecule has 1 fully saturated rings. The molecule has 0 aromatic carbocycles. The van der Waals surface area contributed by atoms with E-state index in [4.69, 9.17) is 5.73 Å². The van der Waals surface area contributed by atoms with Crippen molar-refractivity contribution < 1.29 is 9.90 Å². The molecule has 1 aliphatic rings. The Hall–Kier alpha value is -0.770. The van der Waals surface area contributed by atoms with Crippen molar-refractivity contribution in [1.29, 1.82) is 0 Å². The fourth-order valence-corrected chi connectivity index (χ4v) is 1.82. The zero-order chi connectivity index (χ0) is 9.90. The first-order valence-corrected chi connectivity index (χ1v) is 4.79. The van der Waals surface area contributed by atoms with Gasteiger partial charge in [0.15, 0.2) is 0 Å². The Kier molecular flexibility index (Phi) is 3.14. The smallest absolute Gasteiger partial charge is 0.314 e. The first kappa shape index (κ1) is 10.3. The predicted molar refractivity (Wildman–Crippen MR) is 50.2 cm³/mol. The quantitative estimate of drug-likeness (QED) is 0.661. The maximum atomic E-state index is 10.8. The monoisotopic (exact) mass is 186 g/mol. The minimum atomic E-state index is -0.345. The van der Waals surface area contributed by atoms with Crippen LogP contribution < -0.4 is 5.73 Å². The molecule has 0 spiro atoms. The molecule has 1 rings (SSSR count). The zero-order valence-corrected chi connectivity index (χ0v) is 8.12. The van der Waals surface area contributed by atoms with E-state index in [-0.39, 0.29) is 18.1 Å². The van der Waals surface area contributed by atoms with Gasteiger partial charge in [-0.2, -0.15) is 0 Å². The van der Waals surface area contributed by atoms with Gasteiger partial charge in [0.05, 0.1) is 0 Å². The number of aliphatic hydroxyl groups excluding tert-OH is 1. The van der Waals surface area contributed by atoms with Gasteiger partial charge in [0.25, 0.3) is 0 Å². The molecule has 2 amide bonds. The Morgan fingerprint density at radius 3 is 2.38 bits per heavy atom. The van der Waals surface area contributed by atoms with Crippen molar-refractivity contribution >= 4 is 6.03 Å². The van der Waals surface area contributed by atoms with Crippen molar-refractivity contribution in [3.63, 3.8) is 0 Å². The van der Waals surface area contributed by atoms with Gasteiger partial charge in [0, 0.05) is 19.7 Å². The molecule has 1 aliphatic heterocycles. The Balaban J connectivity index is 2.50. The van der Waals surface area contributed by atoms with Gasteiger partial charge in [-0.25, -0.2) is 4.79 Å². The summed E-state index contributed by atoms with van der Waals surface area (Å²) in [6.45, 7) is 3.67. The van der Waals surface area contributed by atoms with Crippen LogP contribution in [-0.2, 0) is 0 Å². The van der Waals surface area contributed by atoms with Gasteiger partial charge in [-0.1, -0.05) is 6.92 Å². The highest BCUT2D eigenvalue weighted by atomic mass is 16.3. The Morgan fingerprint density at radius 1 is 1.54 bits per heavy atom. The summed E-state index contributed by atoms with van der Waals surface area (Å²) < 4.78 is 0. The molecule has 1 heterocycles. The normalized spacial score (nSPS) is 21.5. The number of likely N-dealkylation sites (tertiary alicyclic amines) is 1. The SMILES string of the molecule is CCC1(CO)CCN(C(N)=O)CC1. The molecular formula is C9H18N2O2. The maximum absolute atomic E-state index is 10.8. The number of hydrogen-bond acceptors (Lipinski definition) is 2. The van der Waals surface area contributed by atoms with Crippen LogP contribution >= 0.6 is 0 Å². The number of carbonyl (C=O) groups excluding carboxylic acids is 1. The van der Waals surface area contributed by atoms with E-state index in [1.165, 1.54) is 0 Å². The van der Waals surface area contributed by atoms with E-state index < -0.39 is 0 Å². The van der Waals surface area contributed by atoms with Crippen molar-refractivity contribution in [2.75, 3.05) is 19.7 Å². The summed E-state index contributed by atoms with van der Waals surface area (Å²) in [7, 11) is 0. The predicted octanol–water partition coefficient (Wildman–Crippen LogP) is 0.550. The summed E-state index contributed by atoms with van der Waals surface area (Å²) in [5.41, 5.74) is 5.20. The maximum Gasteiger partial charge on any atom is 0.314 e. The largest absolute Gasteiger partial charge is 0.396 e. The van der Waals surface area contributed by atoms with E-state index in [1.54, 1.807) is 4.90 Å². The van der Waals surface area contributed by atoms with E-state index in [2.05, 4.69) is 6.92 Å². The van der Waals surface area contributed by atoms with Crippen molar-refractivity contribution in [2.45, 2.75) is 26.2 Å². The lowest BCUT2D eigenvalue weighted by atomic mass is 9.77. The summed E-state index contributed by atoms with van der Waals surface area (Å²) in [6, 6.07) is -0.345. The van der Waals surface area contributed by atoms with Crippen LogP contribution in [0.25, 0.3) is 0 Å².